The Balaban J connectivity index is 3.99. The monoisotopic (exact) mass is 232 g/mol. The van der Waals surface area contributed by atoms with Crippen molar-refractivity contribution in [2.75, 3.05) is 20.3 Å². The van der Waals surface area contributed by atoms with Crippen LogP contribution in [0.5, 0.6) is 0 Å². The van der Waals surface area contributed by atoms with E-state index >= 15 is 0 Å². The molecule has 0 fully saturated rings. The highest BCUT2D eigenvalue weighted by atomic mass is 28.4. The largest absolute Gasteiger partial charge is 0.528 e. The van der Waals surface area contributed by atoms with Crippen molar-refractivity contribution in [3.63, 3.8) is 0 Å². The number of hydrogen-bond donors (Lipinski definition) is 0. The molecule has 3 nitrogen and oxygen atoms in total. The fourth-order valence-corrected chi connectivity index (χ4v) is 2.66. The molecule has 15 heavy (non-hydrogen) atoms. The van der Waals surface area contributed by atoms with E-state index in [9.17, 15) is 0 Å². The Kier molecular flexibility index (Phi) is 8.99. The van der Waals surface area contributed by atoms with E-state index in [0.717, 1.165) is 25.7 Å². The third kappa shape index (κ3) is 6.09. The van der Waals surface area contributed by atoms with Gasteiger partial charge in [-0.25, -0.2) is 0 Å². The van der Waals surface area contributed by atoms with Gasteiger partial charge in [0.25, 0.3) is 0 Å². The van der Waals surface area contributed by atoms with Crippen LogP contribution in [0, 0.1) is 0 Å². The summed E-state index contributed by atoms with van der Waals surface area (Å²) in [5, 5.41) is 0. The summed E-state index contributed by atoms with van der Waals surface area (Å²) in [4.78, 5) is 0. The van der Waals surface area contributed by atoms with Gasteiger partial charge < -0.3 is 13.3 Å². The van der Waals surface area contributed by atoms with E-state index in [1.807, 2.05) is 0 Å². The Morgan fingerprint density at radius 2 is 1.53 bits per heavy atom. The highest BCUT2D eigenvalue weighted by Crippen LogP contribution is 2.11. The summed E-state index contributed by atoms with van der Waals surface area (Å²) in [5.74, 6) is 0. The summed E-state index contributed by atoms with van der Waals surface area (Å²) < 4.78 is 16.7. The molecule has 0 aliphatic heterocycles. The van der Waals surface area contributed by atoms with Gasteiger partial charge in [0.1, 0.15) is 0 Å². The summed E-state index contributed by atoms with van der Waals surface area (Å²) in [5.41, 5.74) is 1.71. The van der Waals surface area contributed by atoms with Gasteiger partial charge in [0.15, 0.2) is 0 Å². The third-order valence-electron chi connectivity index (χ3n) is 2.14. The molecule has 0 atom stereocenters. The van der Waals surface area contributed by atoms with Crippen molar-refractivity contribution in [3.8, 4) is 0 Å². The zero-order valence-electron chi connectivity index (χ0n) is 10.3. The molecule has 4 heteroatoms. The van der Waals surface area contributed by atoms with Gasteiger partial charge >= 0.3 is 8.80 Å². The Morgan fingerprint density at radius 1 is 1.07 bits per heavy atom. The molecule has 0 heterocycles. The molecule has 0 aromatic heterocycles. The molecular weight excluding hydrogens is 208 g/mol. The fraction of sp³-hybridized carbons (Fsp3) is 0.818. The molecule has 0 aromatic carbocycles. The van der Waals surface area contributed by atoms with Crippen LogP contribution in [-0.4, -0.2) is 29.1 Å². The predicted octanol–water partition coefficient (Wildman–Crippen LogP) is 2.93. The van der Waals surface area contributed by atoms with Gasteiger partial charge in [-0.3, -0.25) is 0 Å². The van der Waals surface area contributed by atoms with E-state index in [1.165, 1.54) is 0 Å². The SMILES string of the molecule is C=C[Si](OC)(OCCCC)OCCCC. The molecule has 0 bridgehead atoms. The van der Waals surface area contributed by atoms with Crippen molar-refractivity contribution >= 4 is 8.80 Å². The lowest BCUT2D eigenvalue weighted by Crippen LogP contribution is -2.43. The van der Waals surface area contributed by atoms with Gasteiger partial charge in [0, 0.05) is 20.3 Å². The van der Waals surface area contributed by atoms with Crippen LogP contribution in [0.1, 0.15) is 39.5 Å². The summed E-state index contributed by atoms with van der Waals surface area (Å²) in [6.07, 6.45) is 4.28. The van der Waals surface area contributed by atoms with Crippen LogP contribution in [0.25, 0.3) is 0 Å². The number of rotatable bonds is 10. The van der Waals surface area contributed by atoms with Crippen molar-refractivity contribution in [2.24, 2.45) is 0 Å². The highest BCUT2D eigenvalue weighted by molar-refractivity contribution is 6.66. The van der Waals surface area contributed by atoms with Gasteiger partial charge in [-0.05, 0) is 18.5 Å². The number of hydrogen-bond acceptors (Lipinski definition) is 3. The molecule has 0 saturated heterocycles. The normalized spacial score (nSPS) is 11.7. The molecule has 0 radical (unpaired) electrons. The second kappa shape index (κ2) is 9.09. The molecule has 0 N–H and O–H groups in total. The van der Waals surface area contributed by atoms with Gasteiger partial charge in [-0.1, -0.05) is 33.3 Å². The molecule has 0 spiro atoms. The van der Waals surface area contributed by atoms with E-state index in [1.54, 1.807) is 12.8 Å². The number of unbranched alkanes of at least 4 members (excludes halogenated alkanes) is 2. The first-order valence-corrected chi connectivity index (χ1v) is 7.51. The Morgan fingerprint density at radius 3 is 1.80 bits per heavy atom. The maximum absolute atomic E-state index is 5.69. The van der Waals surface area contributed by atoms with Gasteiger partial charge in [0.05, 0.1) is 0 Å². The fourth-order valence-electron chi connectivity index (χ4n) is 1.08. The summed E-state index contributed by atoms with van der Waals surface area (Å²) in [6.45, 7) is 9.39. The lowest BCUT2D eigenvalue weighted by Gasteiger charge is -2.24. The lowest BCUT2D eigenvalue weighted by atomic mass is 10.4. The van der Waals surface area contributed by atoms with E-state index in [0.29, 0.717) is 13.2 Å². The van der Waals surface area contributed by atoms with Gasteiger partial charge in [-0.15, -0.1) is 0 Å². The second-order valence-electron chi connectivity index (χ2n) is 3.42. The Hall–Kier alpha value is -0.163. The van der Waals surface area contributed by atoms with Crippen molar-refractivity contribution in [2.45, 2.75) is 39.5 Å². The molecule has 90 valence electrons. The van der Waals surface area contributed by atoms with Crippen LogP contribution >= 0.6 is 0 Å². The molecule has 0 unspecified atom stereocenters. The standard InChI is InChI=1S/C11H24O3Si/c1-5-8-10-13-15(7-3,12-4)14-11-9-6-2/h7H,3,5-6,8-11H2,1-2,4H3. The van der Waals surface area contributed by atoms with Crippen LogP contribution in [0.4, 0.5) is 0 Å². The first-order valence-electron chi connectivity index (χ1n) is 5.71. The zero-order valence-corrected chi connectivity index (χ0v) is 11.3. The first kappa shape index (κ1) is 14.8. The van der Waals surface area contributed by atoms with Gasteiger partial charge in [0.2, 0.25) is 0 Å². The molecular formula is C11H24O3Si. The van der Waals surface area contributed by atoms with E-state index in [-0.39, 0.29) is 0 Å². The molecule has 0 rings (SSSR count). The van der Waals surface area contributed by atoms with Crippen molar-refractivity contribution < 1.29 is 13.3 Å². The second-order valence-corrected chi connectivity index (χ2v) is 6.02. The molecule has 0 aromatic rings. The molecule has 0 amide bonds. The van der Waals surface area contributed by atoms with E-state index < -0.39 is 8.80 Å². The van der Waals surface area contributed by atoms with E-state index in [4.69, 9.17) is 13.3 Å². The quantitative estimate of drug-likeness (QED) is 0.428. The third-order valence-corrected chi connectivity index (χ3v) is 4.42. The van der Waals surface area contributed by atoms with E-state index in [2.05, 4.69) is 20.4 Å². The average molecular weight is 232 g/mol. The average Bonchev–Trinajstić information content (AvgIpc) is 2.28. The minimum absolute atomic E-state index is 0.689. The van der Waals surface area contributed by atoms with Gasteiger partial charge in [-0.2, -0.15) is 0 Å². The van der Waals surface area contributed by atoms with Crippen LogP contribution in [0.15, 0.2) is 12.3 Å². The first-order chi connectivity index (χ1) is 7.24. The minimum atomic E-state index is -2.55. The van der Waals surface area contributed by atoms with Crippen molar-refractivity contribution in [3.05, 3.63) is 12.3 Å². The maximum Gasteiger partial charge on any atom is 0.528 e. The Bertz CT molecular complexity index is 152. The maximum atomic E-state index is 5.69. The summed E-state index contributed by atoms with van der Waals surface area (Å²) in [6, 6.07) is 0. The molecule has 0 saturated carbocycles. The Labute approximate surface area is 94.8 Å². The highest BCUT2D eigenvalue weighted by Gasteiger charge is 2.36. The molecule has 0 aliphatic carbocycles. The minimum Gasteiger partial charge on any atom is -0.374 e. The van der Waals surface area contributed by atoms with Crippen LogP contribution in [-0.2, 0) is 13.3 Å². The van der Waals surface area contributed by atoms with Crippen LogP contribution in [0.3, 0.4) is 0 Å². The lowest BCUT2D eigenvalue weighted by molar-refractivity contribution is 0.0879. The predicted molar refractivity (Wildman–Crippen MR) is 64.7 cm³/mol. The summed E-state index contributed by atoms with van der Waals surface area (Å²) in [7, 11) is -0.923. The summed E-state index contributed by atoms with van der Waals surface area (Å²) >= 11 is 0. The van der Waals surface area contributed by atoms with Crippen molar-refractivity contribution in [1.82, 2.24) is 0 Å². The van der Waals surface area contributed by atoms with Crippen LogP contribution in [0.2, 0.25) is 0 Å². The van der Waals surface area contributed by atoms with Crippen LogP contribution < -0.4 is 0 Å². The smallest absolute Gasteiger partial charge is 0.374 e. The van der Waals surface area contributed by atoms with Crippen molar-refractivity contribution in [1.29, 1.82) is 0 Å². The topological polar surface area (TPSA) is 27.7 Å². The molecule has 0 aliphatic rings. The zero-order chi connectivity index (χ0) is 11.6.